The van der Waals surface area contributed by atoms with Gasteiger partial charge in [0.15, 0.2) is 6.23 Å². The van der Waals surface area contributed by atoms with Crippen molar-refractivity contribution in [2.24, 2.45) is 0 Å². The first kappa shape index (κ1) is 42.0. The number of nitrogens with two attached hydrogens (primary N) is 1. The standard InChI is InChI=1S/C25H39IN5O18P/c26-3-6-45-5-2-15(35)28-8-16(36)30-17-11(33)7-25(23(40)41,48-21(17)18(37)12(34)9-32)49-50(43,44)46-10-13-19(38)20(39)22(47-13)31-4-1-14(27)29-24(31)42/h1,4,11-13,17-22,32-34,37-39H,2-3,5-10H2,(H,28,35)(H,30,36)(H,40,41)(H,43,44)(H2,27,29,42)/t11?,12-,13?,17?,18?,19?,20?,21?,22?,25?/m1/s1. The zero-order valence-electron chi connectivity index (χ0n) is 26.0. The Morgan fingerprint density at radius 2 is 1.90 bits per heavy atom. The van der Waals surface area contributed by atoms with Crippen LogP contribution in [-0.4, -0.2) is 160 Å². The van der Waals surface area contributed by atoms with Crippen LogP contribution in [-0.2, 0) is 42.2 Å². The maximum Gasteiger partial charge on any atom is 0.475 e. The molecule has 1 aromatic heterocycles. The normalized spacial score (nSPS) is 30.6. The summed E-state index contributed by atoms with van der Waals surface area (Å²) in [5.74, 6) is -7.15. The fraction of sp³-hybridized carbons (Fsp3) is 0.720. The number of phosphoric ester groups is 1. The number of halogens is 1. The van der Waals surface area contributed by atoms with Gasteiger partial charge in [-0.25, -0.2) is 18.7 Å². The van der Waals surface area contributed by atoms with Crippen LogP contribution in [0.3, 0.4) is 0 Å². The van der Waals surface area contributed by atoms with Gasteiger partial charge in [-0.15, -0.1) is 0 Å². The molecule has 0 aliphatic carbocycles. The largest absolute Gasteiger partial charge is 0.477 e. The second-order valence-corrected chi connectivity index (χ2v) is 13.5. The number of carboxylic acids is 1. The van der Waals surface area contributed by atoms with Crippen molar-refractivity contribution in [1.29, 1.82) is 0 Å². The number of amides is 2. The van der Waals surface area contributed by atoms with E-state index >= 15 is 0 Å². The number of carboxylic acid groups (broad SMARTS) is 1. The van der Waals surface area contributed by atoms with Crippen molar-refractivity contribution in [3.05, 3.63) is 22.7 Å². The van der Waals surface area contributed by atoms with Gasteiger partial charge in [-0.05, 0) is 6.07 Å². The monoisotopic (exact) mass is 855 g/mol. The number of phosphoric acid groups is 1. The Morgan fingerprint density at radius 3 is 2.52 bits per heavy atom. The first-order valence-electron chi connectivity index (χ1n) is 14.8. The Bertz CT molecular complexity index is 1440. The number of nitrogen functional groups attached to an aromatic ring is 1. The van der Waals surface area contributed by atoms with Crippen molar-refractivity contribution in [3.63, 3.8) is 0 Å². The maximum absolute atomic E-state index is 13.0. The number of hydrogen-bond acceptors (Lipinski definition) is 18. The predicted molar refractivity (Wildman–Crippen MR) is 170 cm³/mol. The summed E-state index contributed by atoms with van der Waals surface area (Å²) >= 11 is 2.07. The third-order valence-corrected chi connectivity index (χ3v) is 8.85. The lowest BCUT2D eigenvalue weighted by Gasteiger charge is -2.46. The molecule has 50 heavy (non-hydrogen) atoms. The summed E-state index contributed by atoms with van der Waals surface area (Å²) < 4.78 is 40.0. The molecule has 0 spiro atoms. The van der Waals surface area contributed by atoms with E-state index in [0.29, 0.717) is 11.0 Å². The summed E-state index contributed by atoms with van der Waals surface area (Å²) in [6.45, 7) is -2.35. The number of carbonyl (C=O) groups is 3. The number of ether oxygens (including phenoxy) is 3. The summed E-state index contributed by atoms with van der Waals surface area (Å²) in [7, 11) is -5.61. The van der Waals surface area contributed by atoms with Crippen LogP contribution in [0.2, 0.25) is 0 Å². The number of nitrogens with zero attached hydrogens (tertiary/aromatic N) is 2. The van der Waals surface area contributed by atoms with Crippen LogP contribution < -0.4 is 22.1 Å². The van der Waals surface area contributed by atoms with Crippen LogP contribution in [0.15, 0.2) is 17.1 Å². The van der Waals surface area contributed by atoms with Gasteiger partial charge in [0.25, 0.3) is 5.79 Å². The number of aliphatic carboxylic acids is 1. The van der Waals surface area contributed by atoms with E-state index in [4.69, 9.17) is 29.0 Å². The van der Waals surface area contributed by atoms with Crippen molar-refractivity contribution < 1.29 is 82.8 Å². The molecule has 3 heterocycles. The molecule has 2 aliphatic heterocycles. The SMILES string of the molecule is Nc1ccn(C2OC(COP(=O)(O)OC3(C(=O)O)CC(O)C(NC(=O)CNC(=O)CCOCCI)C(C(O)[C@H](O)CO)O3)C(O)C2O)c(=O)n1. The van der Waals surface area contributed by atoms with Crippen molar-refractivity contribution in [3.8, 4) is 0 Å². The van der Waals surface area contributed by atoms with Gasteiger partial charge in [-0.2, -0.15) is 4.98 Å². The lowest BCUT2D eigenvalue weighted by Crippen LogP contribution is -2.68. The number of rotatable bonds is 18. The van der Waals surface area contributed by atoms with Gasteiger partial charge in [0, 0.05) is 23.5 Å². The fourth-order valence-corrected chi connectivity index (χ4v) is 6.18. The second-order valence-electron chi connectivity index (χ2n) is 11.0. The summed E-state index contributed by atoms with van der Waals surface area (Å²) in [5.41, 5.74) is 4.47. The molecule has 3 rings (SSSR count). The molecule has 0 aromatic carbocycles. The summed E-state index contributed by atoms with van der Waals surface area (Å²) in [6.07, 6.45) is -15.4. The highest BCUT2D eigenvalue weighted by Gasteiger charge is 2.59. The predicted octanol–water partition coefficient (Wildman–Crippen LogP) is -5.33. The highest BCUT2D eigenvalue weighted by molar-refractivity contribution is 14.1. The molecule has 23 nitrogen and oxygen atoms in total. The zero-order chi connectivity index (χ0) is 37.4. The Hall–Kier alpha value is -2.43. The molecule has 2 fully saturated rings. The molecule has 2 aliphatic rings. The van der Waals surface area contributed by atoms with Crippen LogP contribution in [0.4, 0.5) is 5.82 Å². The van der Waals surface area contributed by atoms with Crippen LogP contribution in [0, 0.1) is 0 Å². The summed E-state index contributed by atoms with van der Waals surface area (Å²) in [4.78, 5) is 63.1. The lowest BCUT2D eigenvalue weighted by molar-refractivity contribution is -0.289. The van der Waals surface area contributed by atoms with Gasteiger partial charge in [0.2, 0.25) is 11.8 Å². The molecule has 2 saturated heterocycles. The minimum Gasteiger partial charge on any atom is -0.477 e. The summed E-state index contributed by atoms with van der Waals surface area (Å²) in [5, 5.41) is 76.4. The highest BCUT2D eigenvalue weighted by atomic mass is 127. The van der Waals surface area contributed by atoms with Crippen LogP contribution in [0.25, 0.3) is 0 Å². The molecule has 0 bridgehead atoms. The third-order valence-electron chi connectivity index (χ3n) is 7.41. The van der Waals surface area contributed by atoms with Crippen molar-refractivity contribution in [2.45, 2.75) is 73.6 Å². The van der Waals surface area contributed by atoms with Gasteiger partial charge in [0.05, 0.1) is 45.1 Å². The molecule has 25 heteroatoms. The van der Waals surface area contributed by atoms with Gasteiger partial charge < -0.3 is 71.2 Å². The fourth-order valence-electron chi connectivity index (χ4n) is 4.91. The van der Waals surface area contributed by atoms with E-state index in [9.17, 15) is 64.4 Å². The Morgan fingerprint density at radius 1 is 1.20 bits per heavy atom. The maximum atomic E-state index is 13.0. The van der Waals surface area contributed by atoms with Crippen LogP contribution in [0.5, 0.6) is 0 Å². The minimum atomic E-state index is -5.61. The number of aliphatic hydroxyl groups is 6. The second kappa shape index (κ2) is 18.4. The van der Waals surface area contributed by atoms with E-state index in [1.54, 1.807) is 0 Å². The van der Waals surface area contributed by atoms with E-state index in [2.05, 4.69) is 38.2 Å². The number of alkyl halides is 1. The van der Waals surface area contributed by atoms with Gasteiger partial charge in [-0.1, -0.05) is 22.6 Å². The third kappa shape index (κ3) is 10.8. The smallest absolute Gasteiger partial charge is 0.475 e. The van der Waals surface area contributed by atoms with Crippen molar-refractivity contribution >= 4 is 54.0 Å². The number of aromatic nitrogens is 2. The molecular weight excluding hydrogens is 816 g/mol. The van der Waals surface area contributed by atoms with E-state index in [-0.39, 0.29) is 18.8 Å². The van der Waals surface area contributed by atoms with E-state index in [0.717, 1.165) is 10.8 Å². The van der Waals surface area contributed by atoms with Crippen molar-refractivity contribution in [2.75, 3.05) is 43.1 Å². The number of anilines is 1. The Kier molecular flexibility index (Phi) is 15.4. The first-order valence-corrected chi connectivity index (χ1v) is 17.8. The molecular formula is C25H39IN5O18P. The van der Waals surface area contributed by atoms with Crippen LogP contribution >= 0.6 is 30.4 Å². The molecule has 2 amide bonds. The van der Waals surface area contributed by atoms with Crippen LogP contribution in [0.1, 0.15) is 19.1 Å². The van der Waals surface area contributed by atoms with E-state index in [1.165, 1.54) is 6.07 Å². The molecule has 11 atom stereocenters. The molecule has 0 radical (unpaired) electrons. The van der Waals surface area contributed by atoms with Gasteiger partial charge in [-0.3, -0.25) is 18.7 Å². The van der Waals surface area contributed by atoms with E-state index < -0.39 is 118 Å². The number of nitrogens with one attached hydrogen (secondary N) is 2. The molecule has 12 N–H and O–H groups in total. The Balaban J connectivity index is 1.73. The minimum absolute atomic E-state index is 0.0774. The highest BCUT2D eigenvalue weighted by Crippen LogP contribution is 2.51. The molecule has 1 aromatic rings. The molecule has 284 valence electrons. The zero-order valence-corrected chi connectivity index (χ0v) is 29.0. The number of carbonyl (C=O) groups excluding carboxylic acids is 2. The lowest BCUT2D eigenvalue weighted by atomic mass is 9.88. The quantitative estimate of drug-likeness (QED) is 0.0284. The average Bonchev–Trinajstić information content (AvgIpc) is 3.33. The summed E-state index contributed by atoms with van der Waals surface area (Å²) in [6, 6.07) is -0.554. The first-order chi connectivity index (χ1) is 23.4. The van der Waals surface area contributed by atoms with Gasteiger partial charge in [0.1, 0.15) is 42.4 Å². The number of aliphatic hydroxyl groups excluding tert-OH is 6. The van der Waals surface area contributed by atoms with Gasteiger partial charge >= 0.3 is 19.5 Å². The van der Waals surface area contributed by atoms with E-state index in [1.807, 2.05) is 0 Å². The topological polar surface area (TPSA) is 361 Å². The molecule has 0 saturated carbocycles. The van der Waals surface area contributed by atoms with Crippen molar-refractivity contribution in [1.82, 2.24) is 20.2 Å². The average molecular weight is 855 g/mol. The number of hydrogen-bond donors (Lipinski definition) is 11. The Labute approximate surface area is 296 Å². The molecule has 10 unspecified atom stereocenters.